The van der Waals surface area contributed by atoms with Crippen molar-refractivity contribution in [2.45, 2.75) is 0 Å². The summed E-state index contributed by atoms with van der Waals surface area (Å²) in [5, 5.41) is 7.46. The molecule has 0 fully saturated rings. The van der Waals surface area contributed by atoms with Gasteiger partial charge in [0.25, 0.3) is 0 Å². The second-order valence-electron chi connectivity index (χ2n) is 9.96. The van der Waals surface area contributed by atoms with Gasteiger partial charge in [0.1, 0.15) is 0 Å². The third-order valence-corrected chi connectivity index (χ3v) is 13.2. The van der Waals surface area contributed by atoms with Crippen molar-refractivity contribution in [2.24, 2.45) is 0 Å². The van der Waals surface area contributed by atoms with E-state index in [1.54, 1.807) is 0 Å². The van der Waals surface area contributed by atoms with Crippen molar-refractivity contribution in [3.05, 3.63) is 158 Å². The van der Waals surface area contributed by atoms with Crippen molar-refractivity contribution >= 4 is 52.7 Å². The number of pyridine rings is 1. The van der Waals surface area contributed by atoms with Crippen LogP contribution in [0.3, 0.4) is 0 Å². The van der Waals surface area contributed by atoms with Gasteiger partial charge in [0, 0.05) is 21.7 Å². The fourth-order valence-electron chi connectivity index (χ4n) is 5.67. The van der Waals surface area contributed by atoms with E-state index in [0.29, 0.717) is 0 Å². The molecule has 40 heavy (non-hydrogen) atoms. The van der Waals surface area contributed by atoms with E-state index in [2.05, 4.69) is 166 Å². The van der Waals surface area contributed by atoms with Crippen LogP contribution in [0.15, 0.2) is 158 Å². The van der Waals surface area contributed by atoms with Crippen LogP contribution in [0, 0.1) is 0 Å². The molecule has 1 aromatic heterocycles. The largest absolute Gasteiger partial charge is 0.247 e. The first-order chi connectivity index (χ1) is 19.7. The highest BCUT2D eigenvalue weighted by molar-refractivity contribution is 8.13. The predicted molar refractivity (Wildman–Crippen MR) is 177 cm³/mol. The van der Waals surface area contributed by atoms with Crippen LogP contribution in [0.4, 0.5) is 0 Å². The molecule has 7 rings (SSSR count). The van der Waals surface area contributed by atoms with Gasteiger partial charge in [-0.15, -0.1) is 8.53 Å². The Morgan fingerprint density at radius 3 is 1.60 bits per heavy atom. The molecule has 0 amide bonds. The zero-order chi connectivity index (χ0) is 26.9. The lowest BCUT2D eigenvalue weighted by atomic mass is 9.93. The van der Waals surface area contributed by atoms with Crippen molar-refractivity contribution in [1.82, 2.24) is 4.98 Å². The third kappa shape index (κ3) is 4.20. The van der Waals surface area contributed by atoms with Gasteiger partial charge in [-0.05, 0) is 39.7 Å². The van der Waals surface area contributed by atoms with Crippen LogP contribution in [0.1, 0.15) is 0 Å². The number of hydrogen-bond donors (Lipinski definition) is 0. The Kier molecular flexibility index (Phi) is 6.41. The predicted octanol–water partition coefficient (Wildman–Crippen LogP) is 9.07. The van der Waals surface area contributed by atoms with Crippen LogP contribution in [-0.2, 0) is 0 Å². The summed E-state index contributed by atoms with van der Waals surface area (Å²) in [6.07, 6.45) is 0. The van der Waals surface area contributed by atoms with Crippen LogP contribution in [0.2, 0.25) is 0 Å². The molecule has 1 heterocycles. The first kappa shape index (κ1) is 24.7. The maximum atomic E-state index is 5.21. The second-order valence-corrected chi connectivity index (χ2v) is 14.9. The molecular weight excluding hydrogens is 520 g/mol. The molecular formula is C37H27NP2. The molecule has 0 bridgehead atoms. The molecule has 6 aromatic carbocycles. The van der Waals surface area contributed by atoms with Crippen LogP contribution < -0.4 is 15.9 Å². The van der Waals surface area contributed by atoms with Crippen LogP contribution in [-0.4, -0.2) is 4.98 Å². The Balaban J connectivity index is 1.43. The second kappa shape index (κ2) is 10.4. The van der Waals surface area contributed by atoms with E-state index in [1.165, 1.54) is 43.2 Å². The lowest BCUT2D eigenvalue weighted by Crippen LogP contribution is -2.23. The average molecular weight is 548 g/mol. The Labute approximate surface area is 237 Å². The number of benzene rings is 6. The lowest BCUT2D eigenvalue weighted by molar-refractivity contribution is 1.43. The normalized spacial score (nSPS) is 11.6. The molecule has 190 valence electrons. The lowest BCUT2D eigenvalue weighted by Gasteiger charge is -2.26. The molecule has 0 aliphatic rings. The van der Waals surface area contributed by atoms with Crippen molar-refractivity contribution in [3.8, 4) is 22.4 Å². The minimum atomic E-state index is -1.99. The number of para-hydroxylation sites is 1. The van der Waals surface area contributed by atoms with Gasteiger partial charge in [0.15, 0.2) is 0 Å². The van der Waals surface area contributed by atoms with Gasteiger partial charge in [-0.1, -0.05) is 152 Å². The number of nitrogens with zero attached hydrogens (tertiary/aromatic N) is 1. The highest BCUT2D eigenvalue weighted by Crippen LogP contribution is 2.48. The minimum absolute atomic E-state index is 1.01. The summed E-state index contributed by atoms with van der Waals surface area (Å²) in [6, 6.07) is 56.3. The van der Waals surface area contributed by atoms with E-state index in [1.807, 2.05) is 0 Å². The van der Waals surface area contributed by atoms with Crippen molar-refractivity contribution in [2.75, 3.05) is 0 Å². The summed E-state index contributed by atoms with van der Waals surface area (Å²) in [7, 11) is 4.36. The third-order valence-electron chi connectivity index (χ3n) is 7.63. The number of rotatable bonds is 5. The van der Waals surface area contributed by atoms with Crippen LogP contribution in [0.5, 0.6) is 0 Å². The molecule has 7 aromatic rings. The van der Waals surface area contributed by atoms with Gasteiger partial charge in [-0.25, -0.2) is 4.98 Å². The Hall–Kier alpha value is -4.28. The first-order valence-electron chi connectivity index (χ1n) is 13.5. The van der Waals surface area contributed by atoms with Gasteiger partial charge in [0.05, 0.1) is 11.2 Å². The molecule has 0 N–H and O–H groups in total. The Morgan fingerprint density at radius 1 is 0.425 bits per heavy atom. The quantitative estimate of drug-likeness (QED) is 0.155. The molecule has 1 nitrogen and oxygen atoms in total. The summed E-state index contributed by atoms with van der Waals surface area (Å²) in [5.74, 6) is 0. The van der Waals surface area contributed by atoms with Crippen LogP contribution >= 0.6 is 15.1 Å². The van der Waals surface area contributed by atoms with E-state index in [9.17, 15) is 0 Å². The summed E-state index contributed by atoms with van der Waals surface area (Å²) in [5.41, 5.74) is 5.57. The Bertz CT molecular complexity index is 1960. The van der Waals surface area contributed by atoms with Crippen molar-refractivity contribution < 1.29 is 0 Å². The van der Waals surface area contributed by atoms with Gasteiger partial charge < -0.3 is 0 Å². The molecule has 0 saturated carbocycles. The summed E-state index contributed by atoms with van der Waals surface area (Å²) >= 11 is 0. The molecule has 0 unspecified atom stereocenters. The fraction of sp³-hybridized carbons (Fsp3) is 0. The minimum Gasteiger partial charge on any atom is -0.247 e. The van der Waals surface area contributed by atoms with E-state index in [0.717, 1.165) is 16.8 Å². The van der Waals surface area contributed by atoms with Crippen molar-refractivity contribution in [1.29, 1.82) is 0 Å². The molecule has 0 aliphatic heterocycles. The standard InChI is InChI=1S/C37H27NP2/c39-40(29-15-6-2-7-16-29,30-17-8-3-9-18-30)31-25-23-28(24-26-31)37-34-21-12-20-32(27-13-4-1-5-14-27)36(34)33-19-10-11-22-35(33)38-37/h1-26,39H. The smallest absolute Gasteiger partial charge is 0.0788 e. The number of aromatic nitrogens is 1. The topological polar surface area (TPSA) is 12.9 Å². The van der Waals surface area contributed by atoms with Crippen LogP contribution in [0.25, 0.3) is 44.1 Å². The summed E-state index contributed by atoms with van der Waals surface area (Å²) < 4.78 is 0. The van der Waals surface area contributed by atoms with Gasteiger partial charge >= 0.3 is 0 Å². The maximum absolute atomic E-state index is 5.21. The van der Waals surface area contributed by atoms with Crippen molar-refractivity contribution in [3.63, 3.8) is 0 Å². The molecule has 0 spiro atoms. The number of fused-ring (bicyclic) bond motifs is 3. The van der Waals surface area contributed by atoms with E-state index in [-0.39, 0.29) is 0 Å². The maximum Gasteiger partial charge on any atom is 0.0788 e. The summed E-state index contributed by atoms with van der Waals surface area (Å²) in [6.45, 7) is -1.99. The Morgan fingerprint density at radius 2 is 0.950 bits per heavy atom. The highest BCUT2D eigenvalue weighted by atomic mass is 31.8. The summed E-state index contributed by atoms with van der Waals surface area (Å²) in [4.78, 5) is 5.21. The zero-order valence-electron chi connectivity index (χ0n) is 21.9. The van der Waals surface area contributed by atoms with E-state index in [4.69, 9.17) is 4.98 Å². The van der Waals surface area contributed by atoms with Gasteiger partial charge in [-0.3, -0.25) is 0 Å². The van der Waals surface area contributed by atoms with E-state index >= 15 is 0 Å². The SMILES string of the molecule is P=P(c1ccccc1)(c1ccccc1)c1ccc(-c2nc3ccccc3c3c(-c4ccccc4)cccc23)cc1. The first-order valence-corrected chi connectivity index (χ1v) is 16.6. The molecule has 0 atom stereocenters. The highest BCUT2D eigenvalue weighted by Gasteiger charge is 2.23. The molecule has 0 radical (unpaired) electrons. The van der Waals surface area contributed by atoms with E-state index < -0.39 is 6.55 Å². The zero-order valence-corrected chi connectivity index (χ0v) is 23.8. The average Bonchev–Trinajstić information content (AvgIpc) is 3.05. The van der Waals surface area contributed by atoms with Gasteiger partial charge in [0.2, 0.25) is 0 Å². The molecule has 0 aliphatic carbocycles. The fourth-order valence-corrected chi connectivity index (χ4v) is 9.75. The molecule has 0 saturated heterocycles. The van der Waals surface area contributed by atoms with Gasteiger partial charge in [-0.2, -0.15) is 0 Å². The molecule has 3 heteroatoms. The monoisotopic (exact) mass is 547 g/mol. The number of hydrogen-bond acceptors (Lipinski definition) is 1.